The smallest absolute Gasteiger partial charge is 0.340 e. The summed E-state index contributed by atoms with van der Waals surface area (Å²) in [6, 6.07) is 11.7. The van der Waals surface area contributed by atoms with Gasteiger partial charge in [0, 0.05) is 42.9 Å². The minimum absolute atomic E-state index is 0.105. The highest BCUT2D eigenvalue weighted by Gasteiger charge is 2.54. The Labute approximate surface area is 253 Å². The maximum absolute atomic E-state index is 13.2. The molecule has 45 heavy (non-hydrogen) atoms. The predicted octanol–water partition coefficient (Wildman–Crippen LogP) is -1.06. The van der Waals surface area contributed by atoms with Crippen LogP contribution < -0.4 is 14.9 Å². The average Bonchev–Trinajstić information content (AvgIpc) is 3.23. The summed E-state index contributed by atoms with van der Waals surface area (Å²) in [5.74, 6) is -7.89. The van der Waals surface area contributed by atoms with Crippen molar-refractivity contribution < 1.29 is 64.1 Å². The molecule has 1 spiro atoms. The maximum atomic E-state index is 13.2. The van der Waals surface area contributed by atoms with E-state index in [1.54, 1.807) is 18.2 Å². The largest absolute Gasteiger partial charge is 0.549 e. The monoisotopic (exact) mass is 620 g/mol. The number of ether oxygens (including phenoxy) is 2. The first-order valence-corrected chi connectivity index (χ1v) is 13.3. The molecule has 0 aromatic heterocycles. The lowest BCUT2D eigenvalue weighted by molar-refractivity contribution is -0.307. The zero-order valence-electron chi connectivity index (χ0n) is 23.2. The Bertz CT molecular complexity index is 1630. The third-order valence-corrected chi connectivity index (χ3v) is 7.39. The Hall–Kier alpha value is -5.67. The molecule has 0 aliphatic carbocycles. The molecule has 0 atom stereocenters. The number of carboxylic acid groups (broad SMARTS) is 4. The van der Waals surface area contributed by atoms with Gasteiger partial charge in [0.2, 0.25) is 0 Å². The van der Waals surface area contributed by atoms with E-state index in [9.17, 15) is 54.6 Å². The molecule has 4 N–H and O–H groups in total. The normalized spacial score (nSPS) is 14.0. The number of phenolic OH excluding ortho intramolecular Hbond substituents is 2. The molecule has 0 fully saturated rings. The summed E-state index contributed by atoms with van der Waals surface area (Å²) in [6.45, 7) is -4.21. The number of benzene rings is 3. The average molecular weight is 621 g/mol. The van der Waals surface area contributed by atoms with E-state index in [2.05, 4.69) is 0 Å². The van der Waals surface area contributed by atoms with E-state index in [1.165, 1.54) is 30.3 Å². The van der Waals surface area contributed by atoms with E-state index in [0.717, 1.165) is 9.80 Å². The molecule has 15 heteroatoms. The van der Waals surface area contributed by atoms with Gasteiger partial charge in [0.25, 0.3) is 0 Å². The molecule has 3 aromatic carbocycles. The Morgan fingerprint density at radius 3 is 1.60 bits per heavy atom. The molecular formula is C30H24N2O13-2. The minimum atomic E-state index is -1.78. The number of aromatic hydroxyl groups is 2. The highest BCUT2D eigenvalue weighted by molar-refractivity contribution is 5.97. The van der Waals surface area contributed by atoms with Crippen molar-refractivity contribution in [3.8, 4) is 23.0 Å². The van der Waals surface area contributed by atoms with Crippen LogP contribution in [0.25, 0.3) is 0 Å². The highest BCUT2D eigenvalue weighted by atomic mass is 16.6. The van der Waals surface area contributed by atoms with Crippen LogP contribution in [0.1, 0.15) is 38.2 Å². The number of phenols is 2. The Morgan fingerprint density at radius 2 is 1.16 bits per heavy atom. The van der Waals surface area contributed by atoms with E-state index in [0.29, 0.717) is 5.56 Å². The first-order valence-electron chi connectivity index (χ1n) is 13.3. The molecule has 3 aromatic rings. The van der Waals surface area contributed by atoms with Crippen LogP contribution in [0.3, 0.4) is 0 Å². The zero-order valence-corrected chi connectivity index (χ0v) is 23.2. The van der Waals surface area contributed by atoms with Crippen LogP contribution in [0.5, 0.6) is 23.0 Å². The fourth-order valence-electron chi connectivity index (χ4n) is 5.72. The number of carbonyl (C=O) groups is 5. The lowest BCUT2D eigenvalue weighted by Crippen LogP contribution is -2.41. The van der Waals surface area contributed by atoms with Gasteiger partial charge in [0.05, 0.1) is 41.7 Å². The predicted molar refractivity (Wildman–Crippen MR) is 144 cm³/mol. The highest BCUT2D eigenvalue weighted by Crippen LogP contribution is 2.59. The van der Waals surface area contributed by atoms with Crippen LogP contribution in [-0.4, -0.2) is 86.3 Å². The van der Waals surface area contributed by atoms with Crippen molar-refractivity contribution in [3.63, 3.8) is 0 Å². The van der Waals surface area contributed by atoms with Gasteiger partial charge in [-0.3, -0.25) is 19.4 Å². The van der Waals surface area contributed by atoms with Crippen LogP contribution in [0.15, 0.2) is 48.5 Å². The van der Waals surface area contributed by atoms with Gasteiger partial charge in [0.1, 0.15) is 23.0 Å². The van der Waals surface area contributed by atoms with Gasteiger partial charge in [-0.2, -0.15) is 0 Å². The second-order valence-corrected chi connectivity index (χ2v) is 10.4. The van der Waals surface area contributed by atoms with Gasteiger partial charge >= 0.3 is 17.9 Å². The second-order valence-electron chi connectivity index (χ2n) is 10.4. The molecule has 0 radical (unpaired) electrons. The first-order chi connectivity index (χ1) is 21.3. The van der Waals surface area contributed by atoms with E-state index in [4.69, 9.17) is 9.47 Å². The third kappa shape index (κ3) is 5.69. The molecule has 0 saturated carbocycles. The number of nitrogens with zero attached hydrogens (tertiary/aromatic N) is 2. The molecule has 0 unspecified atom stereocenters. The fraction of sp³-hybridized carbons (Fsp3) is 0.233. The summed E-state index contributed by atoms with van der Waals surface area (Å²) in [5.41, 5.74) is -1.15. The molecule has 0 amide bonds. The molecule has 5 rings (SSSR count). The number of fused-ring (bicyclic) bond motifs is 6. The summed E-state index contributed by atoms with van der Waals surface area (Å²) in [5, 5.41) is 63.5. The van der Waals surface area contributed by atoms with Gasteiger partial charge in [-0.1, -0.05) is 18.2 Å². The van der Waals surface area contributed by atoms with Gasteiger partial charge in [-0.25, -0.2) is 4.79 Å². The topological polar surface area (TPSA) is 237 Å². The van der Waals surface area contributed by atoms with E-state index < -0.39 is 86.2 Å². The molecule has 0 saturated heterocycles. The molecule has 15 nitrogen and oxygen atoms in total. The van der Waals surface area contributed by atoms with Crippen LogP contribution >= 0.6 is 0 Å². The van der Waals surface area contributed by atoms with Crippen molar-refractivity contribution in [1.82, 2.24) is 9.80 Å². The summed E-state index contributed by atoms with van der Waals surface area (Å²) in [4.78, 5) is 61.0. The first kappa shape index (κ1) is 30.8. The van der Waals surface area contributed by atoms with Crippen molar-refractivity contribution in [2.24, 2.45) is 0 Å². The van der Waals surface area contributed by atoms with Gasteiger partial charge in [-0.05, 0) is 30.3 Å². The van der Waals surface area contributed by atoms with Crippen molar-refractivity contribution in [1.29, 1.82) is 0 Å². The number of esters is 1. The van der Waals surface area contributed by atoms with Gasteiger partial charge in [-0.15, -0.1) is 0 Å². The Balaban J connectivity index is 1.77. The minimum Gasteiger partial charge on any atom is -0.549 e. The summed E-state index contributed by atoms with van der Waals surface area (Å²) >= 11 is 0. The Kier molecular flexibility index (Phi) is 8.06. The molecule has 2 aliphatic rings. The summed E-state index contributed by atoms with van der Waals surface area (Å²) < 4.78 is 12.3. The summed E-state index contributed by atoms with van der Waals surface area (Å²) in [7, 11) is 0. The Morgan fingerprint density at radius 1 is 0.689 bits per heavy atom. The molecule has 2 aliphatic heterocycles. The molecule has 0 bridgehead atoms. The standard InChI is InChI=1S/C30H26N2O13/c33-21-7-5-19-27(16(21)9-31(11-23(35)36)12-24(37)38)44-28-17(10-32(13-25(39)40)14-26(41)42)22(34)8-6-20(28)30(19)18-4-2-1-3-15(18)29(43)45-30/h1-8,33-34H,9-14H2,(H,35,36)(H,37,38)(H,39,40)(H,41,42)/p-2. The fourth-order valence-corrected chi connectivity index (χ4v) is 5.72. The van der Waals surface area contributed by atoms with E-state index in [-0.39, 0.29) is 39.3 Å². The van der Waals surface area contributed by atoms with Crippen LogP contribution in [0.4, 0.5) is 0 Å². The number of hydrogen-bond donors (Lipinski definition) is 4. The lowest BCUT2D eigenvalue weighted by atomic mass is 9.76. The van der Waals surface area contributed by atoms with Crippen LogP contribution in [0, 0.1) is 0 Å². The van der Waals surface area contributed by atoms with Crippen molar-refractivity contribution in [2.75, 3.05) is 26.2 Å². The number of hydrogen-bond acceptors (Lipinski definition) is 13. The van der Waals surface area contributed by atoms with Crippen LogP contribution in [-0.2, 0) is 42.6 Å². The quantitative estimate of drug-likeness (QED) is 0.177. The maximum Gasteiger partial charge on any atom is 0.340 e. The lowest BCUT2D eigenvalue weighted by Gasteiger charge is -2.39. The van der Waals surface area contributed by atoms with E-state index >= 15 is 0 Å². The van der Waals surface area contributed by atoms with Crippen molar-refractivity contribution in [2.45, 2.75) is 18.7 Å². The molecular weight excluding hydrogens is 596 g/mol. The summed E-state index contributed by atoms with van der Waals surface area (Å²) in [6.07, 6.45) is 0. The SMILES string of the molecule is O=C([O-])CN(CC(=O)O)Cc1c(O)ccc2c1Oc1c(ccc(O)c1CN(CC(=O)[O-])CC(=O)O)C21OC(=O)c2ccccc21. The number of rotatable bonds is 12. The van der Waals surface area contributed by atoms with Crippen molar-refractivity contribution in [3.05, 3.63) is 81.9 Å². The molecule has 2 heterocycles. The number of carboxylic acids is 4. The van der Waals surface area contributed by atoms with E-state index in [1.807, 2.05) is 0 Å². The van der Waals surface area contributed by atoms with Crippen LogP contribution in [0.2, 0.25) is 0 Å². The number of carbonyl (C=O) groups excluding carboxylic acids is 3. The third-order valence-electron chi connectivity index (χ3n) is 7.39. The van der Waals surface area contributed by atoms with Gasteiger partial charge in [0.15, 0.2) is 5.60 Å². The number of aliphatic carboxylic acids is 4. The second kappa shape index (κ2) is 11.8. The zero-order chi connectivity index (χ0) is 32.6. The van der Waals surface area contributed by atoms with Crippen molar-refractivity contribution >= 4 is 29.8 Å². The molecule has 234 valence electrons. The van der Waals surface area contributed by atoms with Gasteiger partial charge < -0.3 is 49.7 Å².